The van der Waals surface area contributed by atoms with Crippen molar-refractivity contribution in [2.24, 2.45) is 0 Å². The third-order valence-electron chi connectivity index (χ3n) is 3.79. The fourth-order valence-electron chi connectivity index (χ4n) is 2.54. The zero-order chi connectivity index (χ0) is 17.1. The van der Waals surface area contributed by atoms with Crippen LogP contribution in [0.4, 0.5) is 0 Å². The van der Waals surface area contributed by atoms with E-state index < -0.39 is 0 Å². The Morgan fingerprint density at radius 1 is 1.04 bits per heavy atom. The molecule has 0 bridgehead atoms. The first-order valence-corrected chi connectivity index (χ1v) is 8.84. The molecule has 124 valence electrons. The third-order valence-corrected chi connectivity index (χ3v) is 4.74. The topological polar surface area (TPSA) is 52.3 Å². The minimum absolute atomic E-state index is 0.759. The number of thioether (sulfide) groups is 1. The van der Waals surface area contributed by atoms with E-state index in [4.69, 9.17) is 4.74 Å². The SMILES string of the molecule is COc1cccc(-c2ccc(SCc3cn4ccccc4n3)nn2)c1. The van der Waals surface area contributed by atoms with E-state index in [1.165, 1.54) is 0 Å². The van der Waals surface area contributed by atoms with Crippen molar-refractivity contribution >= 4 is 17.4 Å². The number of ether oxygens (including phenoxy) is 1. The van der Waals surface area contributed by atoms with Gasteiger partial charge in [0.2, 0.25) is 0 Å². The molecular formula is C19H16N4OS. The lowest BCUT2D eigenvalue weighted by atomic mass is 10.1. The van der Waals surface area contributed by atoms with E-state index in [1.54, 1.807) is 18.9 Å². The minimum atomic E-state index is 0.759. The molecule has 3 aromatic heterocycles. The first kappa shape index (κ1) is 15.7. The Bertz CT molecular complexity index is 965. The van der Waals surface area contributed by atoms with Gasteiger partial charge in [-0.15, -0.1) is 10.2 Å². The summed E-state index contributed by atoms with van der Waals surface area (Å²) in [5, 5.41) is 9.52. The maximum Gasteiger partial charge on any atom is 0.137 e. The molecule has 0 spiro atoms. The van der Waals surface area contributed by atoms with Crippen LogP contribution in [0.5, 0.6) is 5.75 Å². The Kier molecular flexibility index (Phi) is 4.35. The predicted molar refractivity (Wildman–Crippen MR) is 98.8 cm³/mol. The van der Waals surface area contributed by atoms with Gasteiger partial charge in [0.1, 0.15) is 16.4 Å². The van der Waals surface area contributed by atoms with Crippen molar-refractivity contribution in [1.29, 1.82) is 0 Å². The summed E-state index contributed by atoms with van der Waals surface area (Å²) < 4.78 is 7.27. The van der Waals surface area contributed by atoms with E-state index in [0.717, 1.165) is 39.1 Å². The van der Waals surface area contributed by atoms with Crippen LogP contribution in [0.15, 0.2) is 72.0 Å². The molecule has 0 fully saturated rings. The highest BCUT2D eigenvalue weighted by Gasteiger charge is 2.05. The zero-order valence-electron chi connectivity index (χ0n) is 13.7. The smallest absolute Gasteiger partial charge is 0.137 e. The number of nitrogens with zero attached hydrogens (tertiary/aromatic N) is 4. The average molecular weight is 348 g/mol. The van der Waals surface area contributed by atoms with Crippen molar-refractivity contribution in [3.63, 3.8) is 0 Å². The van der Waals surface area contributed by atoms with Crippen molar-refractivity contribution < 1.29 is 4.74 Å². The highest BCUT2D eigenvalue weighted by Crippen LogP contribution is 2.24. The molecule has 0 atom stereocenters. The molecule has 0 saturated heterocycles. The molecule has 4 rings (SSSR count). The highest BCUT2D eigenvalue weighted by atomic mass is 32.2. The van der Waals surface area contributed by atoms with Gasteiger partial charge in [-0.1, -0.05) is 30.0 Å². The number of methoxy groups -OCH3 is 1. The van der Waals surface area contributed by atoms with Crippen LogP contribution in [-0.4, -0.2) is 26.7 Å². The second kappa shape index (κ2) is 6.94. The lowest BCUT2D eigenvalue weighted by Gasteiger charge is -2.04. The van der Waals surface area contributed by atoms with Gasteiger partial charge in [-0.3, -0.25) is 0 Å². The van der Waals surface area contributed by atoms with Gasteiger partial charge in [-0.2, -0.15) is 0 Å². The van der Waals surface area contributed by atoms with Gasteiger partial charge in [0, 0.05) is 23.7 Å². The van der Waals surface area contributed by atoms with Crippen LogP contribution in [-0.2, 0) is 5.75 Å². The normalized spacial score (nSPS) is 10.9. The Balaban J connectivity index is 1.46. The van der Waals surface area contributed by atoms with Gasteiger partial charge in [0.15, 0.2) is 0 Å². The van der Waals surface area contributed by atoms with Crippen LogP contribution in [0.1, 0.15) is 5.69 Å². The summed E-state index contributed by atoms with van der Waals surface area (Å²) in [4.78, 5) is 4.59. The number of aromatic nitrogens is 4. The standard InChI is InChI=1S/C19H16N4OS/c1-24-16-6-4-5-14(11-16)17-8-9-19(22-21-17)25-13-15-12-23-10-3-2-7-18(23)20-15/h2-12H,13H2,1H3. The predicted octanol–water partition coefficient (Wildman–Crippen LogP) is 4.09. The van der Waals surface area contributed by atoms with Crippen molar-refractivity contribution in [3.8, 4) is 17.0 Å². The van der Waals surface area contributed by atoms with Gasteiger partial charge in [-0.25, -0.2) is 4.98 Å². The molecule has 0 unspecified atom stereocenters. The van der Waals surface area contributed by atoms with Crippen LogP contribution in [0.2, 0.25) is 0 Å². The summed E-state index contributed by atoms with van der Waals surface area (Å²) in [6.07, 6.45) is 4.04. The average Bonchev–Trinajstić information content (AvgIpc) is 3.10. The summed E-state index contributed by atoms with van der Waals surface area (Å²) in [7, 11) is 1.66. The van der Waals surface area contributed by atoms with E-state index in [0.29, 0.717) is 0 Å². The fraction of sp³-hybridized carbons (Fsp3) is 0.105. The Labute approximate surface area is 149 Å². The molecule has 5 nitrogen and oxygen atoms in total. The van der Waals surface area contributed by atoms with Crippen molar-refractivity contribution in [2.45, 2.75) is 10.8 Å². The van der Waals surface area contributed by atoms with Gasteiger partial charge in [0.05, 0.1) is 18.5 Å². The second-order valence-electron chi connectivity index (χ2n) is 5.48. The highest BCUT2D eigenvalue weighted by molar-refractivity contribution is 7.98. The summed E-state index contributed by atoms with van der Waals surface area (Å²) in [6, 6.07) is 17.8. The maximum absolute atomic E-state index is 5.25. The van der Waals surface area contributed by atoms with E-state index in [9.17, 15) is 0 Å². The molecule has 0 aliphatic heterocycles. The van der Waals surface area contributed by atoms with Crippen LogP contribution in [0, 0.1) is 0 Å². The summed E-state index contributed by atoms with van der Waals surface area (Å²) >= 11 is 1.63. The van der Waals surface area contributed by atoms with E-state index in [1.807, 2.05) is 71.4 Å². The van der Waals surface area contributed by atoms with Crippen molar-refractivity contribution in [2.75, 3.05) is 7.11 Å². The maximum atomic E-state index is 5.25. The molecule has 0 amide bonds. The largest absolute Gasteiger partial charge is 0.497 e. The summed E-state index contributed by atoms with van der Waals surface area (Å²) in [6.45, 7) is 0. The number of hydrogen-bond acceptors (Lipinski definition) is 5. The first-order chi connectivity index (χ1) is 12.3. The molecule has 25 heavy (non-hydrogen) atoms. The number of pyridine rings is 1. The summed E-state index contributed by atoms with van der Waals surface area (Å²) in [5.41, 5.74) is 3.80. The van der Waals surface area contributed by atoms with E-state index >= 15 is 0 Å². The molecule has 0 N–H and O–H groups in total. The van der Waals surface area contributed by atoms with Crippen LogP contribution in [0.3, 0.4) is 0 Å². The number of fused-ring (bicyclic) bond motifs is 1. The molecule has 0 aliphatic carbocycles. The summed E-state index contributed by atoms with van der Waals surface area (Å²) in [5.74, 6) is 1.57. The lowest BCUT2D eigenvalue weighted by Crippen LogP contribution is -1.91. The molecular weight excluding hydrogens is 332 g/mol. The first-order valence-electron chi connectivity index (χ1n) is 7.85. The number of rotatable bonds is 5. The van der Waals surface area contributed by atoms with Gasteiger partial charge >= 0.3 is 0 Å². The molecule has 3 heterocycles. The van der Waals surface area contributed by atoms with Crippen LogP contribution < -0.4 is 4.74 Å². The second-order valence-corrected chi connectivity index (χ2v) is 6.47. The zero-order valence-corrected chi connectivity index (χ0v) is 14.5. The van der Waals surface area contributed by atoms with E-state index in [2.05, 4.69) is 15.2 Å². The van der Waals surface area contributed by atoms with Crippen LogP contribution >= 0.6 is 11.8 Å². The Morgan fingerprint density at radius 2 is 2.00 bits per heavy atom. The van der Waals surface area contributed by atoms with Gasteiger partial charge in [-0.05, 0) is 36.4 Å². The number of benzene rings is 1. The Hall–Kier alpha value is -2.86. The molecule has 0 aliphatic rings. The minimum Gasteiger partial charge on any atom is -0.497 e. The quantitative estimate of drug-likeness (QED) is 0.508. The number of imidazole rings is 1. The monoisotopic (exact) mass is 348 g/mol. The van der Waals surface area contributed by atoms with Gasteiger partial charge < -0.3 is 9.14 Å². The molecule has 6 heteroatoms. The van der Waals surface area contributed by atoms with E-state index in [-0.39, 0.29) is 0 Å². The van der Waals surface area contributed by atoms with Crippen molar-refractivity contribution in [3.05, 3.63) is 72.7 Å². The number of hydrogen-bond donors (Lipinski definition) is 0. The van der Waals surface area contributed by atoms with Gasteiger partial charge in [0.25, 0.3) is 0 Å². The Morgan fingerprint density at radius 3 is 2.80 bits per heavy atom. The van der Waals surface area contributed by atoms with Crippen molar-refractivity contribution in [1.82, 2.24) is 19.6 Å². The van der Waals surface area contributed by atoms with Crippen LogP contribution in [0.25, 0.3) is 16.9 Å². The molecule has 4 aromatic rings. The molecule has 0 saturated carbocycles. The fourth-order valence-corrected chi connectivity index (χ4v) is 3.24. The molecule has 0 radical (unpaired) electrons. The molecule has 1 aromatic carbocycles. The third kappa shape index (κ3) is 3.49. The lowest BCUT2D eigenvalue weighted by molar-refractivity contribution is 0.415.